The number of benzene rings is 1. The minimum absolute atomic E-state index is 0.0165. The van der Waals surface area contributed by atoms with Crippen molar-refractivity contribution in [3.63, 3.8) is 0 Å². The number of aryl methyl sites for hydroxylation is 1. The Kier molecular flexibility index (Phi) is 3.61. The summed E-state index contributed by atoms with van der Waals surface area (Å²) < 4.78 is 19.4. The van der Waals surface area contributed by atoms with Crippen molar-refractivity contribution < 1.29 is 9.13 Å². The van der Waals surface area contributed by atoms with E-state index in [9.17, 15) is 4.39 Å². The van der Waals surface area contributed by atoms with E-state index in [1.165, 1.54) is 6.07 Å². The van der Waals surface area contributed by atoms with Gasteiger partial charge in [0, 0.05) is 18.4 Å². The van der Waals surface area contributed by atoms with Gasteiger partial charge in [-0.2, -0.15) is 0 Å². The third-order valence-electron chi connectivity index (χ3n) is 4.02. The summed E-state index contributed by atoms with van der Waals surface area (Å²) in [7, 11) is 0. The lowest BCUT2D eigenvalue weighted by Gasteiger charge is -2.27. The highest BCUT2D eigenvalue weighted by atomic mass is 32.1. The lowest BCUT2D eigenvalue weighted by molar-refractivity contribution is 0.260. The van der Waals surface area contributed by atoms with Gasteiger partial charge in [0.2, 0.25) is 0 Å². The maximum Gasteiger partial charge on any atom is 0.165 e. The molecule has 1 N–H and O–H groups in total. The number of nitrogens with one attached hydrogen (secondary N) is 1. The van der Waals surface area contributed by atoms with Crippen LogP contribution in [-0.4, -0.2) is 16.6 Å². The fourth-order valence-electron chi connectivity index (χ4n) is 2.87. The van der Waals surface area contributed by atoms with Gasteiger partial charge in [-0.15, -0.1) is 11.3 Å². The topological polar surface area (TPSA) is 47.0 Å². The third kappa shape index (κ3) is 2.53. The summed E-state index contributed by atoms with van der Waals surface area (Å²) in [6.45, 7) is 2.53. The van der Waals surface area contributed by atoms with Crippen LogP contribution in [0.15, 0.2) is 29.6 Å². The molecule has 1 atom stereocenters. The highest BCUT2D eigenvalue weighted by Gasteiger charge is 2.25. The number of nitrogens with zero attached hydrogens (tertiary/aromatic N) is 2. The first-order chi connectivity index (χ1) is 11.3. The summed E-state index contributed by atoms with van der Waals surface area (Å²) in [5.41, 5.74) is 0.844. The van der Waals surface area contributed by atoms with Gasteiger partial charge in [0.15, 0.2) is 11.6 Å². The SMILES string of the molecule is CCc1nc(N[C@H]2CCOc3c(F)cccc32)c2ccsc2n1. The molecule has 0 spiro atoms. The average Bonchev–Trinajstić information content (AvgIpc) is 3.04. The van der Waals surface area contributed by atoms with Crippen molar-refractivity contribution in [2.45, 2.75) is 25.8 Å². The summed E-state index contributed by atoms with van der Waals surface area (Å²) in [5, 5.41) is 6.50. The number of hydrogen-bond acceptors (Lipinski definition) is 5. The Hall–Kier alpha value is -2.21. The first-order valence-corrected chi connectivity index (χ1v) is 8.56. The van der Waals surface area contributed by atoms with Crippen molar-refractivity contribution in [1.29, 1.82) is 0 Å². The average molecular weight is 329 g/mol. The molecule has 4 rings (SSSR count). The molecule has 2 aromatic heterocycles. The van der Waals surface area contributed by atoms with E-state index in [-0.39, 0.29) is 11.9 Å². The molecule has 0 saturated heterocycles. The minimum Gasteiger partial charge on any atom is -0.490 e. The fraction of sp³-hybridized carbons (Fsp3) is 0.294. The molecule has 0 unspecified atom stereocenters. The van der Waals surface area contributed by atoms with E-state index in [1.54, 1.807) is 17.4 Å². The summed E-state index contributed by atoms with van der Waals surface area (Å²) in [6.07, 6.45) is 1.55. The molecule has 6 heteroatoms. The Bertz CT molecular complexity index is 864. The molecule has 0 aliphatic carbocycles. The monoisotopic (exact) mass is 329 g/mol. The Morgan fingerprint density at radius 2 is 2.26 bits per heavy atom. The summed E-state index contributed by atoms with van der Waals surface area (Å²) in [6, 6.07) is 7.06. The maximum absolute atomic E-state index is 13.9. The number of thiophene rings is 1. The molecule has 1 aromatic carbocycles. The molecule has 0 saturated carbocycles. The zero-order valence-electron chi connectivity index (χ0n) is 12.7. The van der Waals surface area contributed by atoms with Gasteiger partial charge < -0.3 is 10.1 Å². The largest absolute Gasteiger partial charge is 0.490 e. The number of halogens is 1. The van der Waals surface area contributed by atoms with E-state index in [4.69, 9.17) is 4.74 Å². The Morgan fingerprint density at radius 1 is 1.35 bits per heavy atom. The molecule has 3 heterocycles. The number of aromatic nitrogens is 2. The van der Waals surface area contributed by atoms with Gasteiger partial charge in [-0.05, 0) is 17.5 Å². The van der Waals surface area contributed by atoms with Crippen molar-refractivity contribution in [2.75, 3.05) is 11.9 Å². The van der Waals surface area contributed by atoms with Crippen LogP contribution in [0.5, 0.6) is 5.75 Å². The predicted octanol–water partition coefficient (Wildman–Crippen LogP) is 4.33. The lowest BCUT2D eigenvalue weighted by atomic mass is 10.00. The molecule has 23 heavy (non-hydrogen) atoms. The number of anilines is 1. The number of hydrogen-bond donors (Lipinski definition) is 1. The zero-order chi connectivity index (χ0) is 15.8. The van der Waals surface area contributed by atoms with Crippen LogP contribution in [0.3, 0.4) is 0 Å². The van der Waals surface area contributed by atoms with E-state index >= 15 is 0 Å². The second-order valence-electron chi connectivity index (χ2n) is 5.47. The summed E-state index contributed by atoms with van der Waals surface area (Å²) >= 11 is 1.61. The van der Waals surface area contributed by atoms with E-state index in [2.05, 4.69) is 15.3 Å². The van der Waals surface area contributed by atoms with Crippen molar-refractivity contribution in [3.05, 3.63) is 46.9 Å². The van der Waals surface area contributed by atoms with Crippen LogP contribution in [0, 0.1) is 5.82 Å². The fourth-order valence-corrected chi connectivity index (χ4v) is 3.65. The Morgan fingerprint density at radius 3 is 3.13 bits per heavy atom. The van der Waals surface area contributed by atoms with Crippen LogP contribution >= 0.6 is 11.3 Å². The van der Waals surface area contributed by atoms with Crippen LogP contribution in [0.25, 0.3) is 10.2 Å². The standard InChI is InChI=1S/C17H16FN3OS/c1-2-14-20-16(11-7-9-23-17(11)21-14)19-13-6-8-22-15-10(13)4-3-5-12(15)18/h3-5,7,9,13H,2,6,8H2,1H3,(H,19,20,21)/t13-/m0/s1. The van der Waals surface area contributed by atoms with E-state index in [1.807, 2.05) is 24.4 Å². The van der Waals surface area contributed by atoms with E-state index < -0.39 is 0 Å². The zero-order valence-corrected chi connectivity index (χ0v) is 13.5. The smallest absolute Gasteiger partial charge is 0.165 e. The Labute approximate surface area is 137 Å². The number of ether oxygens (including phenoxy) is 1. The van der Waals surface area contributed by atoms with Crippen LogP contribution in [-0.2, 0) is 6.42 Å². The van der Waals surface area contributed by atoms with Gasteiger partial charge in [0.1, 0.15) is 16.5 Å². The van der Waals surface area contributed by atoms with Gasteiger partial charge in [-0.25, -0.2) is 14.4 Å². The molecule has 4 nitrogen and oxygen atoms in total. The molecular weight excluding hydrogens is 313 g/mol. The lowest BCUT2D eigenvalue weighted by Crippen LogP contribution is -2.22. The first-order valence-electron chi connectivity index (χ1n) is 7.68. The number of fused-ring (bicyclic) bond motifs is 2. The van der Waals surface area contributed by atoms with Crippen LogP contribution < -0.4 is 10.1 Å². The van der Waals surface area contributed by atoms with Gasteiger partial charge in [-0.3, -0.25) is 0 Å². The predicted molar refractivity (Wildman–Crippen MR) is 89.7 cm³/mol. The molecular formula is C17H16FN3OS. The molecule has 1 aliphatic heterocycles. The van der Waals surface area contributed by atoms with Crippen molar-refractivity contribution in [2.24, 2.45) is 0 Å². The van der Waals surface area contributed by atoms with Gasteiger partial charge in [0.05, 0.1) is 18.0 Å². The molecule has 3 aromatic rings. The first kappa shape index (κ1) is 14.4. The number of para-hydroxylation sites is 1. The molecule has 0 radical (unpaired) electrons. The van der Waals surface area contributed by atoms with Crippen LogP contribution in [0.2, 0.25) is 0 Å². The van der Waals surface area contributed by atoms with Crippen molar-refractivity contribution in [1.82, 2.24) is 9.97 Å². The second-order valence-corrected chi connectivity index (χ2v) is 6.37. The second kappa shape index (κ2) is 5.77. The van der Waals surface area contributed by atoms with Crippen LogP contribution in [0.1, 0.15) is 30.8 Å². The summed E-state index contributed by atoms with van der Waals surface area (Å²) in [5.74, 6) is 1.67. The minimum atomic E-state index is -0.313. The maximum atomic E-state index is 13.9. The third-order valence-corrected chi connectivity index (χ3v) is 4.83. The van der Waals surface area contributed by atoms with Crippen LogP contribution in [0.4, 0.5) is 10.2 Å². The molecule has 118 valence electrons. The molecule has 1 aliphatic rings. The Balaban J connectivity index is 1.75. The van der Waals surface area contributed by atoms with E-state index in [0.29, 0.717) is 12.4 Å². The van der Waals surface area contributed by atoms with Gasteiger partial charge in [-0.1, -0.05) is 19.1 Å². The van der Waals surface area contributed by atoms with Gasteiger partial charge >= 0.3 is 0 Å². The van der Waals surface area contributed by atoms with Crippen molar-refractivity contribution in [3.8, 4) is 5.75 Å². The summed E-state index contributed by atoms with van der Waals surface area (Å²) in [4.78, 5) is 10.2. The highest BCUT2D eigenvalue weighted by Crippen LogP contribution is 2.37. The van der Waals surface area contributed by atoms with Crippen molar-refractivity contribution >= 4 is 27.4 Å². The molecule has 0 fully saturated rings. The highest BCUT2D eigenvalue weighted by molar-refractivity contribution is 7.16. The van der Waals surface area contributed by atoms with Gasteiger partial charge in [0.25, 0.3) is 0 Å². The molecule has 0 bridgehead atoms. The normalized spacial score (nSPS) is 16.9. The number of rotatable bonds is 3. The van der Waals surface area contributed by atoms with E-state index in [0.717, 1.165) is 40.3 Å². The molecule has 0 amide bonds. The quantitative estimate of drug-likeness (QED) is 0.777.